The Morgan fingerprint density at radius 2 is 1.90 bits per heavy atom. The third-order valence-corrected chi connectivity index (χ3v) is 2.51. The Bertz CT molecular complexity index is 372. The van der Waals surface area contributed by atoms with Crippen LogP contribution in [-0.4, -0.2) is 79.0 Å². The van der Waals surface area contributed by atoms with E-state index in [1.165, 1.54) is 21.1 Å². The van der Waals surface area contributed by atoms with E-state index in [-0.39, 0.29) is 19.0 Å². The van der Waals surface area contributed by atoms with Gasteiger partial charge in [0.05, 0.1) is 18.6 Å². The fourth-order valence-corrected chi connectivity index (χ4v) is 1.42. The van der Waals surface area contributed by atoms with Gasteiger partial charge >= 0.3 is 12.0 Å². The van der Waals surface area contributed by atoms with Crippen molar-refractivity contribution in [3.8, 4) is 0 Å². The maximum Gasteiger partial charge on any atom is 0.317 e. The van der Waals surface area contributed by atoms with Crippen molar-refractivity contribution >= 4 is 17.9 Å². The van der Waals surface area contributed by atoms with E-state index in [0.29, 0.717) is 13.2 Å². The predicted molar refractivity (Wildman–Crippen MR) is 73.8 cm³/mol. The van der Waals surface area contributed by atoms with Crippen molar-refractivity contribution in [1.29, 1.82) is 0 Å². The highest BCUT2D eigenvalue weighted by molar-refractivity contribution is 5.83. The Kier molecular flexibility index (Phi) is 8.32. The number of carboxylic acid groups (broad SMARTS) is 1. The summed E-state index contributed by atoms with van der Waals surface area (Å²) in [4.78, 5) is 34.8. The molecule has 1 atom stereocenters. The molecule has 0 spiro atoms. The summed E-state index contributed by atoms with van der Waals surface area (Å²) in [6.07, 6.45) is -0.492. The molecule has 0 aromatic carbocycles. The molecule has 1 unspecified atom stereocenters. The van der Waals surface area contributed by atoms with Gasteiger partial charge in [0.25, 0.3) is 0 Å². The monoisotopic (exact) mass is 305 g/mol. The van der Waals surface area contributed by atoms with Crippen molar-refractivity contribution in [1.82, 2.24) is 15.5 Å². The van der Waals surface area contributed by atoms with Gasteiger partial charge in [0.2, 0.25) is 5.91 Å². The van der Waals surface area contributed by atoms with Crippen LogP contribution in [0.5, 0.6) is 0 Å². The molecule has 21 heavy (non-hydrogen) atoms. The Morgan fingerprint density at radius 3 is 2.43 bits per heavy atom. The number of carbonyl (C=O) groups is 3. The lowest BCUT2D eigenvalue weighted by Crippen LogP contribution is -2.48. The van der Waals surface area contributed by atoms with E-state index in [0.717, 1.165) is 4.90 Å². The van der Waals surface area contributed by atoms with E-state index in [9.17, 15) is 19.5 Å². The molecule has 0 saturated carbocycles. The van der Waals surface area contributed by atoms with Crippen molar-refractivity contribution in [2.75, 3.05) is 40.4 Å². The van der Waals surface area contributed by atoms with Gasteiger partial charge in [-0.3, -0.25) is 9.59 Å². The minimum Gasteiger partial charge on any atom is -0.481 e. The number of aliphatic hydroxyl groups is 1. The van der Waals surface area contributed by atoms with Crippen molar-refractivity contribution in [2.24, 2.45) is 0 Å². The summed E-state index contributed by atoms with van der Waals surface area (Å²) in [5, 5.41) is 23.3. The van der Waals surface area contributed by atoms with Crippen molar-refractivity contribution < 1.29 is 29.3 Å². The molecular weight excluding hydrogens is 282 g/mol. The number of amides is 3. The lowest BCUT2D eigenvalue weighted by atomic mass is 10.0. The number of hydrogen-bond acceptors (Lipinski definition) is 5. The van der Waals surface area contributed by atoms with Crippen molar-refractivity contribution in [3.63, 3.8) is 0 Å². The summed E-state index contributed by atoms with van der Waals surface area (Å²) in [6, 6.07) is -0.581. The van der Waals surface area contributed by atoms with Gasteiger partial charge in [0.1, 0.15) is 6.54 Å². The van der Waals surface area contributed by atoms with E-state index < -0.39 is 24.0 Å². The van der Waals surface area contributed by atoms with E-state index in [4.69, 9.17) is 9.84 Å². The zero-order chi connectivity index (χ0) is 16.5. The maximum absolute atomic E-state index is 11.7. The van der Waals surface area contributed by atoms with Crippen LogP contribution < -0.4 is 10.6 Å². The number of nitrogens with one attached hydrogen (secondary N) is 2. The Morgan fingerprint density at radius 1 is 1.29 bits per heavy atom. The molecule has 0 aliphatic carbocycles. The first-order valence-corrected chi connectivity index (χ1v) is 6.36. The standard InChI is InChI=1S/C12H23N3O6/c1-12(20,6-10(17)18)8-14-11(19)15(2)7-9(16)13-4-5-21-3/h20H,4-8H2,1-3H3,(H,13,16)(H,14,19)(H,17,18). The van der Waals surface area contributed by atoms with Gasteiger partial charge in [0, 0.05) is 27.2 Å². The molecule has 0 rings (SSSR count). The highest BCUT2D eigenvalue weighted by atomic mass is 16.5. The quantitative estimate of drug-likeness (QED) is 0.389. The molecule has 3 amide bonds. The highest BCUT2D eigenvalue weighted by Crippen LogP contribution is 2.07. The number of methoxy groups -OCH3 is 1. The molecule has 4 N–H and O–H groups in total. The van der Waals surface area contributed by atoms with Gasteiger partial charge in [0.15, 0.2) is 0 Å². The fourth-order valence-electron chi connectivity index (χ4n) is 1.42. The van der Waals surface area contributed by atoms with Crippen LogP contribution >= 0.6 is 0 Å². The number of hydrogen-bond donors (Lipinski definition) is 4. The molecule has 9 heteroatoms. The molecule has 0 bridgehead atoms. The molecule has 0 aromatic rings. The van der Waals surface area contributed by atoms with E-state index in [1.807, 2.05) is 0 Å². The minimum atomic E-state index is -1.55. The number of likely N-dealkylation sites (N-methyl/N-ethyl adjacent to an activating group) is 1. The van der Waals surface area contributed by atoms with Crippen molar-refractivity contribution in [3.05, 3.63) is 0 Å². The predicted octanol–water partition coefficient (Wildman–Crippen LogP) is -1.38. The Balaban J connectivity index is 4.10. The first-order valence-electron chi connectivity index (χ1n) is 6.36. The zero-order valence-corrected chi connectivity index (χ0v) is 12.5. The summed E-state index contributed by atoms with van der Waals surface area (Å²) < 4.78 is 4.77. The smallest absolute Gasteiger partial charge is 0.317 e. The summed E-state index contributed by atoms with van der Waals surface area (Å²) in [5.41, 5.74) is -1.55. The normalized spacial score (nSPS) is 13.1. The van der Waals surface area contributed by atoms with Gasteiger partial charge in [-0.25, -0.2) is 4.79 Å². The first-order chi connectivity index (χ1) is 9.68. The average molecular weight is 305 g/mol. The third kappa shape index (κ3) is 9.63. The summed E-state index contributed by atoms with van der Waals surface area (Å²) in [7, 11) is 2.92. The number of carbonyl (C=O) groups excluding carboxylic acids is 2. The lowest BCUT2D eigenvalue weighted by Gasteiger charge is -2.24. The molecule has 0 heterocycles. The number of rotatable bonds is 9. The van der Waals surface area contributed by atoms with Gasteiger partial charge in [-0.15, -0.1) is 0 Å². The van der Waals surface area contributed by atoms with Crippen LogP contribution in [-0.2, 0) is 14.3 Å². The molecule has 0 fully saturated rings. The molecule has 122 valence electrons. The Labute approximate surface area is 123 Å². The average Bonchev–Trinajstić information content (AvgIpc) is 2.34. The fraction of sp³-hybridized carbons (Fsp3) is 0.750. The van der Waals surface area contributed by atoms with Crippen LogP contribution in [0.25, 0.3) is 0 Å². The molecule has 9 nitrogen and oxygen atoms in total. The number of carboxylic acids is 1. The van der Waals surface area contributed by atoms with Gasteiger partial charge in [-0.1, -0.05) is 0 Å². The van der Waals surface area contributed by atoms with Gasteiger partial charge in [-0.05, 0) is 6.92 Å². The largest absolute Gasteiger partial charge is 0.481 e. The minimum absolute atomic E-state index is 0.156. The van der Waals surface area contributed by atoms with Crippen LogP contribution in [0.4, 0.5) is 4.79 Å². The summed E-state index contributed by atoms with van der Waals surface area (Å²) in [5.74, 6) is -1.51. The number of urea groups is 1. The van der Waals surface area contributed by atoms with Gasteiger partial charge < -0.3 is 30.5 Å². The number of nitrogens with zero attached hydrogens (tertiary/aromatic N) is 1. The zero-order valence-electron chi connectivity index (χ0n) is 12.5. The molecule has 0 radical (unpaired) electrons. The van der Waals surface area contributed by atoms with Crippen LogP contribution in [0.3, 0.4) is 0 Å². The van der Waals surface area contributed by atoms with Crippen LogP contribution in [0.15, 0.2) is 0 Å². The van der Waals surface area contributed by atoms with Crippen LogP contribution in [0.1, 0.15) is 13.3 Å². The molecule has 0 aliphatic heterocycles. The third-order valence-electron chi connectivity index (χ3n) is 2.51. The highest BCUT2D eigenvalue weighted by Gasteiger charge is 2.25. The topological polar surface area (TPSA) is 128 Å². The van der Waals surface area contributed by atoms with Crippen LogP contribution in [0, 0.1) is 0 Å². The number of aliphatic carboxylic acids is 1. The summed E-state index contributed by atoms with van der Waals surface area (Å²) >= 11 is 0. The number of ether oxygens (including phenoxy) is 1. The first kappa shape index (κ1) is 19.1. The van der Waals surface area contributed by atoms with Crippen LogP contribution in [0.2, 0.25) is 0 Å². The lowest BCUT2D eigenvalue weighted by molar-refractivity contribution is -0.141. The van der Waals surface area contributed by atoms with Gasteiger partial charge in [-0.2, -0.15) is 0 Å². The second-order valence-electron chi connectivity index (χ2n) is 4.92. The van der Waals surface area contributed by atoms with E-state index in [1.54, 1.807) is 0 Å². The van der Waals surface area contributed by atoms with Crippen molar-refractivity contribution in [2.45, 2.75) is 18.9 Å². The second kappa shape index (κ2) is 9.14. The second-order valence-corrected chi connectivity index (χ2v) is 4.92. The SMILES string of the molecule is COCCNC(=O)CN(C)C(=O)NCC(C)(O)CC(=O)O. The maximum atomic E-state index is 11.7. The summed E-state index contributed by atoms with van der Waals surface area (Å²) in [6.45, 7) is 1.64. The molecular formula is C12H23N3O6. The van der Waals surface area contributed by atoms with E-state index in [2.05, 4.69) is 10.6 Å². The molecule has 0 saturated heterocycles. The molecule has 0 aliphatic rings. The van der Waals surface area contributed by atoms with E-state index >= 15 is 0 Å². The Hall–Kier alpha value is -1.87. The molecule has 0 aromatic heterocycles.